The Morgan fingerprint density at radius 1 is 1.24 bits per heavy atom. The number of aliphatic imine (C=N–C) groups is 2. The van der Waals surface area contributed by atoms with Gasteiger partial charge in [-0.1, -0.05) is 6.07 Å². The van der Waals surface area contributed by atoms with Gasteiger partial charge in [-0.05, 0) is 74.4 Å². The van der Waals surface area contributed by atoms with Crippen molar-refractivity contribution in [1.29, 1.82) is 0 Å². The molecule has 1 aliphatic heterocycles. The maximum Gasteiger partial charge on any atom is 0.387 e. The van der Waals surface area contributed by atoms with E-state index in [1.54, 1.807) is 38.7 Å². The Morgan fingerprint density at radius 2 is 1.94 bits per heavy atom. The highest BCUT2D eigenvalue weighted by molar-refractivity contribution is 6.12. The number of carbonyl (C=O) groups is 1. The van der Waals surface area contributed by atoms with Crippen LogP contribution in [0.5, 0.6) is 5.75 Å². The molecule has 2 aliphatic rings. The van der Waals surface area contributed by atoms with Crippen molar-refractivity contribution in [2.75, 3.05) is 20.3 Å². The number of nitrogens with one attached hydrogen (secondary N) is 1. The lowest BCUT2D eigenvalue weighted by atomic mass is 9.92. The number of hydrogen-bond donors (Lipinski definition) is 2. The third-order valence-corrected chi connectivity index (χ3v) is 5.91. The maximum atomic E-state index is 13.2. The molecule has 1 saturated carbocycles. The largest absolute Gasteiger partial charge is 0.434 e. The average Bonchev–Trinajstić information content (AvgIpc) is 3.61. The van der Waals surface area contributed by atoms with Crippen molar-refractivity contribution < 1.29 is 23.0 Å². The molecule has 1 aliphatic carbocycles. The van der Waals surface area contributed by atoms with E-state index >= 15 is 0 Å². The summed E-state index contributed by atoms with van der Waals surface area (Å²) in [5.41, 5.74) is 9.21. The van der Waals surface area contributed by atoms with Crippen LogP contribution in [0.2, 0.25) is 0 Å². The van der Waals surface area contributed by atoms with E-state index in [0.29, 0.717) is 35.6 Å². The summed E-state index contributed by atoms with van der Waals surface area (Å²) in [6, 6.07) is 3.29. The van der Waals surface area contributed by atoms with Crippen LogP contribution in [0.3, 0.4) is 0 Å². The average molecular weight is 475 g/mol. The van der Waals surface area contributed by atoms with Crippen molar-refractivity contribution in [2.24, 2.45) is 21.6 Å². The van der Waals surface area contributed by atoms with Gasteiger partial charge in [0.25, 0.3) is 5.91 Å². The highest BCUT2D eigenvalue weighted by Gasteiger charge is 2.27. The first-order valence-corrected chi connectivity index (χ1v) is 11.4. The minimum absolute atomic E-state index is 0.0887. The zero-order valence-electron chi connectivity index (χ0n) is 19.8. The Labute approximate surface area is 198 Å². The molecule has 7 nitrogen and oxygen atoms in total. The fraction of sp³-hybridized carbons (Fsp3) is 0.480. The smallest absolute Gasteiger partial charge is 0.387 e. The van der Waals surface area contributed by atoms with Gasteiger partial charge in [0.1, 0.15) is 5.75 Å². The molecule has 0 aromatic heterocycles. The van der Waals surface area contributed by atoms with Crippen LogP contribution in [0.1, 0.15) is 54.1 Å². The standard InChI is InChI=1S/C25H32F2N4O3/c1-15-10-18(11-22(34-25(26)27)23(15)24(32)31-20-4-5-20)21(14-29-3)16(2)30-13-19(12-28)17-6-8-33-9-7-17/h10-14,17,20,25H,4-9,28H2,1-3H3,(H,31,32)/b19-12?,21-16+,29-14?,30-13?. The van der Waals surface area contributed by atoms with Gasteiger partial charge in [-0.15, -0.1) is 0 Å². The van der Waals surface area contributed by atoms with E-state index in [0.717, 1.165) is 31.3 Å². The van der Waals surface area contributed by atoms with E-state index < -0.39 is 12.5 Å². The summed E-state index contributed by atoms with van der Waals surface area (Å²) >= 11 is 0. The molecule has 0 radical (unpaired) electrons. The third-order valence-electron chi connectivity index (χ3n) is 5.91. The monoisotopic (exact) mass is 474 g/mol. The number of allylic oxidation sites excluding steroid dienone is 3. The van der Waals surface area contributed by atoms with Crippen LogP contribution in [-0.4, -0.2) is 51.3 Å². The molecule has 3 rings (SSSR count). The quantitative estimate of drug-likeness (QED) is 0.523. The number of alkyl halides is 2. The summed E-state index contributed by atoms with van der Waals surface area (Å²) in [7, 11) is 1.62. The van der Waals surface area contributed by atoms with Gasteiger partial charge in [0.15, 0.2) is 0 Å². The lowest BCUT2D eigenvalue weighted by molar-refractivity contribution is -0.0502. The highest BCUT2D eigenvalue weighted by atomic mass is 19.3. The zero-order valence-corrected chi connectivity index (χ0v) is 19.8. The molecule has 1 heterocycles. The Balaban J connectivity index is 1.97. The molecule has 1 amide bonds. The molecule has 3 N–H and O–H groups in total. The van der Waals surface area contributed by atoms with Gasteiger partial charge in [-0.3, -0.25) is 14.8 Å². The maximum absolute atomic E-state index is 13.2. The summed E-state index contributed by atoms with van der Waals surface area (Å²) in [6.45, 7) is 1.81. The summed E-state index contributed by atoms with van der Waals surface area (Å²) in [5.74, 6) is -0.316. The summed E-state index contributed by atoms with van der Waals surface area (Å²) in [4.78, 5) is 21.4. The van der Waals surface area contributed by atoms with E-state index in [1.165, 1.54) is 6.07 Å². The first kappa shape index (κ1) is 25.6. The van der Waals surface area contributed by atoms with Crippen LogP contribution < -0.4 is 15.8 Å². The summed E-state index contributed by atoms with van der Waals surface area (Å²) < 4.78 is 36.6. The number of benzene rings is 1. The van der Waals surface area contributed by atoms with Crippen LogP contribution in [0.15, 0.2) is 39.6 Å². The second kappa shape index (κ2) is 11.9. The highest BCUT2D eigenvalue weighted by Crippen LogP contribution is 2.32. The SMILES string of the molecule is CN=C/C(=C(/C)N=CC(=CN)C1CCOCC1)c1cc(C)c(C(=O)NC2CC2)c(OC(F)F)c1. The number of nitrogens with two attached hydrogens (primary N) is 1. The number of rotatable bonds is 9. The number of hydrogen-bond acceptors (Lipinski definition) is 6. The van der Waals surface area contributed by atoms with Gasteiger partial charge in [0, 0.05) is 50.0 Å². The van der Waals surface area contributed by atoms with Crippen molar-refractivity contribution in [2.45, 2.75) is 52.2 Å². The predicted octanol–water partition coefficient (Wildman–Crippen LogP) is 4.26. The fourth-order valence-corrected chi connectivity index (χ4v) is 3.94. The summed E-state index contributed by atoms with van der Waals surface area (Å²) in [5, 5.41) is 2.84. The second-order valence-corrected chi connectivity index (χ2v) is 8.49. The molecule has 2 fully saturated rings. The Morgan fingerprint density at radius 3 is 2.53 bits per heavy atom. The second-order valence-electron chi connectivity index (χ2n) is 8.49. The van der Waals surface area contributed by atoms with E-state index in [1.807, 2.05) is 6.92 Å². The van der Waals surface area contributed by atoms with Gasteiger partial charge >= 0.3 is 6.61 Å². The molecule has 1 aromatic rings. The van der Waals surface area contributed by atoms with Crippen molar-refractivity contribution in [1.82, 2.24) is 5.32 Å². The number of aryl methyl sites for hydroxylation is 1. The van der Waals surface area contributed by atoms with E-state index in [9.17, 15) is 13.6 Å². The van der Waals surface area contributed by atoms with Gasteiger partial charge in [-0.2, -0.15) is 8.78 Å². The lowest BCUT2D eigenvalue weighted by Gasteiger charge is -2.22. The third kappa shape index (κ3) is 6.72. The van der Waals surface area contributed by atoms with Gasteiger partial charge in [0.05, 0.1) is 5.56 Å². The molecule has 0 spiro atoms. The van der Waals surface area contributed by atoms with Crippen LogP contribution in [0.4, 0.5) is 8.78 Å². The van der Waals surface area contributed by atoms with Crippen LogP contribution in [0.25, 0.3) is 5.57 Å². The van der Waals surface area contributed by atoms with Crippen LogP contribution in [0, 0.1) is 12.8 Å². The Bertz CT molecular complexity index is 1010. The molecule has 0 unspecified atom stereocenters. The molecule has 184 valence electrons. The lowest BCUT2D eigenvalue weighted by Crippen LogP contribution is -2.27. The normalized spacial score (nSPS) is 18.6. The Hall–Kier alpha value is -3.07. The molecule has 1 aromatic carbocycles. The zero-order chi connectivity index (χ0) is 24.7. The molecule has 1 saturated heterocycles. The van der Waals surface area contributed by atoms with Crippen molar-refractivity contribution >= 4 is 23.9 Å². The fourth-order valence-electron chi connectivity index (χ4n) is 3.94. The molecule has 0 bridgehead atoms. The van der Waals surface area contributed by atoms with Crippen molar-refractivity contribution in [3.63, 3.8) is 0 Å². The first-order chi connectivity index (χ1) is 16.3. The molecular formula is C25H32F2N4O3. The molecule has 9 heteroatoms. The van der Waals surface area contributed by atoms with E-state index in [4.69, 9.17) is 15.2 Å². The number of ether oxygens (including phenoxy) is 2. The van der Waals surface area contributed by atoms with Crippen LogP contribution in [-0.2, 0) is 4.74 Å². The predicted molar refractivity (Wildman–Crippen MR) is 130 cm³/mol. The molecular weight excluding hydrogens is 442 g/mol. The molecule has 34 heavy (non-hydrogen) atoms. The number of amides is 1. The van der Waals surface area contributed by atoms with Crippen LogP contribution >= 0.6 is 0 Å². The number of carbonyl (C=O) groups excluding carboxylic acids is 1. The number of nitrogens with zero attached hydrogens (tertiary/aromatic N) is 2. The van der Waals surface area contributed by atoms with E-state index in [2.05, 4.69) is 15.3 Å². The minimum atomic E-state index is -3.06. The van der Waals surface area contributed by atoms with Gasteiger partial charge in [-0.25, -0.2) is 0 Å². The summed E-state index contributed by atoms with van der Waals surface area (Å²) in [6.07, 6.45) is 8.42. The first-order valence-electron chi connectivity index (χ1n) is 11.4. The topological polar surface area (TPSA) is 98.3 Å². The van der Waals surface area contributed by atoms with Gasteiger partial charge in [0.2, 0.25) is 0 Å². The molecule has 0 atom stereocenters. The van der Waals surface area contributed by atoms with Crippen molar-refractivity contribution in [3.05, 3.63) is 46.3 Å². The minimum Gasteiger partial charge on any atom is -0.434 e. The van der Waals surface area contributed by atoms with Gasteiger partial charge < -0.3 is 20.5 Å². The van der Waals surface area contributed by atoms with E-state index in [-0.39, 0.29) is 23.3 Å². The van der Waals surface area contributed by atoms with Crippen molar-refractivity contribution in [3.8, 4) is 5.75 Å². The number of halogens is 2. The Kier molecular flexibility index (Phi) is 8.92.